The predicted molar refractivity (Wildman–Crippen MR) is 498 cm³/mol. The molecule has 0 N–H and O–H groups in total. The summed E-state index contributed by atoms with van der Waals surface area (Å²) in [5, 5.41) is 0. The minimum Gasteiger partial charge on any atom is -0.429 e. The Labute approximate surface area is 843 Å². The first kappa shape index (κ1) is 115. The second-order valence-corrected chi connectivity index (χ2v) is 38.2. The summed E-state index contributed by atoms with van der Waals surface area (Å²) in [6.45, 7) is 8.59. The summed E-state index contributed by atoms with van der Waals surface area (Å²) in [6.07, 6.45) is 8.53. The van der Waals surface area contributed by atoms with Gasteiger partial charge in [0.15, 0.2) is 69.8 Å². The maximum absolute atomic E-state index is 15.0. The molecule has 804 valence electrons. The van der Waals surface area contributed by atoms with E-state index in [-0.39, 0.29) is 117 Å². The number of halogens is 32. The zero-order valence-corrected chi connectivity index (χ0v) is 80.9. The van der Waals surface area contributed by atoms with Crippen LogP contribution in [-0.2, 0) is 24.4 Å². The van der Waals surface area contributed by atoms with E-state index in [1.807, 2.05) is 0 Å². The van der Waals surface area contributed by atoms with Crippen molar-refractivity contribution in [3.8, 4) is 67.5 Å². The van der Waals surface area contributed by atoms with Crippen LogP contribution < -0.4 is 18.9 Å². The molecule has 0 aliphatic heterocycles. The molecule has 36 heteroatoms. The average Bonchev–Trinajstić information content (AvgIpc) is 0.780. The Hall–Kier alpha value is -12.4. The number of hydrogen-bond donors (Lipinski definition) is 0. The Morgan fingerprint density at radius 1 is 0.200 bits per heavy atom. The lowest BCUT2D eigenvalue weighted by Crippen LogP contribution is -2.25. The molecule has 4 saturated carbocycles. The third kappa shape index (κ3) is 27.7. The van der Waals surface area contributed by atoms with Crippen LogP contribution in [0.3, 0.4) is 0 Å². The zero-order valence-electron chi connectivity index (χ0n) is 80.9. The summed E-state index contributed by atoms with van der Waals surface area (Å²) in [6, 6.07) is 22.5. The molecule has 4 aliphatic carbocycles. The van der Waals surface area contributed by atoms with Crippen molar-refractivity contribution in [1.29, 1.82) is 0 Å². The van der Waals surface area contributed by atoms with Gasteiger partial charge in [-0.15, -0.1) is 0 Å². The van der Waals surface area contributed by atoms with E-state index in [0.29, 0.717) is 72.2 Å². The second kappa shape index (κ2) is 49.4. The quantitative estimate of drug-likeness (QED) is 0.0255. The minimum absolute atomic E-state index is 0.113. The molecule has 0 unspecified atom stereocenters. The third-order valence-electron chi connectivity index (χ3n) is 28.1. The fourth-order valence-corrected chi connectivity index (χ4v) is 20.1. The SMILES string of the molecule is CCC1CCC(c2ccc(-c3cc(F)c(C(F)(F)Oc4cc(F)c(F)c(F)c4)c(F)c3)c(F)c2)CC1.CCCC1CCC(c2ccc(-c3cc(F)c(C(F)(F)Oc4cc(F)c(F)c(F)c4)c(F)c3)c(F)c2)CC1.CCCCC1CCC(c2ccc(-c3cc(F)c(C(F)(F)Oc4cc(F)c(F)c(F)c4)c(F)c3)c(F)c2)CC1.CCCCCC1CCC(c2ccc(-c3cc(F)c(C(F)(F)Oc4cc(F)c(F)c(F)c4)c(F)c3)c(F)c2)CC1. The smallest absolute Gasteiger partial charge is 0.429 e. The molecule has 4 fully saturated rings. The van der Waals surface area contributed by atoms with E-state index in [4.69, 9.17) is 0 Å². The van der Waals surface area contributed by atoms with E-state index in [0.717, 1.165) is 151 Å². The van der Waals surface area contributed by atoms with E-state index < -0.39 is 209 Å². The van der Waals surface area contributed by atoms with E-state index >= 15 is 8.78 Å². The number of hydrogen-bond acceptors (Lipinski definition) is 4. The van der Waals surface area contributed by atoms with Gasteiger partial charge in [-0.2, -0.15) is 35.1 Å². The maximum Gasteiger partial charge on any atom is 0.432 e. The van der Waals surface area contributed by atoms with Crippen molar-refractivity contribution < 1.29 is 159 Å². The van der Waals surface area contributed by atoms with Crippen LogP contribution in [0.2, 0.25) is 0 Å². The van der Waals surface area contributed by atoms with Gasteiger partial charge in [0.25, 0.3) is 0 Å². The van der Waals surface area contributed by atoms with Crippen molar-refractivity contribution in [2.75, 3.05) is 0 Å². The molecule has 4 aliphatic rings. The Morgan fingerprint density at radius 2 is 0.393 bits per heavy atom. The highest BCUT2D eigenvalue weighted by Gasteiger charge is 2.47. The van der Waals surface area contributed by atoms with Gasteiger partial charge >= 0.3 is 24.4 Å². The Bertz CT molecular complexity index is 6570. The van der Waals surface area contributed by atoms with E-state index in [1.54, 1.807) is 24.3 Å². The standard InChI is InChI=1S/C30H28F8O.C29H26F8O.C28H24F8O.C27H22F8O/c1-2-3-4-5-17-6-8-18(9-7-17)19-10-11-22(23(31)12-19)20-13-24(32)28(25(33)14-20)30(37,38)39-21-15-26(34)29(36)27(35)16-21;1-2-3-4-16-5-7-17(8-6-16)18-9-10-21(22(30)11-18)19-12-23(31)27(24(32)13-19)29(36,37)38-20-14-25(33)28(35)26(34)15-20;1-2-3-15-4-6-16(7-5-15)17-8-9-20(21(29)10-17)18-11-22(30)26(23(31)12-18)28(35,36)37-19-13-24(32)27(34)25(33)14-19;1-2-14-3-5-15(6-4-14)16-7-8-19(20(28)9-16)17-10-21(29)25(22(30)11-17)27(34,35)36-18-12-23(31)26(33)24(32)13-18/h10-18H,2-9H2,1H3;9-17H,2-8H2,1H3;8-16H,2-7H2,1H3;7-15H,2-6H2,1H3. The molecule has 12 aromatic rings. The molecule has 150 heavy (non-hydrogen) atoms. The zero-order chi connectivity index (χ0) is 109. The molecule has 0 heterocycles. The van der Waals surface area contributed by atoms with Crippen molar-refractivity contribution in [3.05, 3.63) is 354 Å². The lowest BCUT2D eigenvalue weighted by molar-refractivity contribution is -0.190. The van der Waals surface area contributed by atoms with Crippen LogP contribution in [0, 0.1) is 163 Å². The van der Waals surface area contributed by atoms with E-state index in [1.165, 1.54) is 87.1 Å². The molecule has 0 amide bonds. The van der Waals surface area contributed by atoms with Gasteiger partial charge in [-0.25, -0.2) is 105 Å². The second-order valence-electron chi connectivity index (χ2n) is 38.2. The summed E-state index contributed by atoms with van der Waals surface area (Å²) in [5.41, 5.74) is -6.27. The van der Waals surface area contributed by atoms with Crippen LogP contribution in [0.4, 0.5) is 140 Å². The van der Waals surface area contributed by atoms with Gasteiger partial charge in [-0.05, 0) is 267 Å². The first-order chi connectivity index (χ1) is 71.0. The molecular weight excluding hydrogens is 2040 g/mol. The van der Waals surface area contributed by atoms with E-state index in [9.17, 15) is 132 Å². The lowest BCUT2D eigenvalue weighted by atomic mass is 9.77. The normalized spacial score (nSPS) is 18.1. The topological polar surface area (TPSA) is 36.9 Å². The third-order valence-corrected chi connectivity index (χ3v) is 28.1. The molecule has 0 atom stereocenters. The summed E-state index contributed by atoms with van der Waals surface area (Å²) < 4.78 is 469. The minimum atomic E-state index is -4.72. The monoisotopic (exact) mass is 2140 g/mol. The van der Waals surface area contributed by atoms with Crippen LogP contribution in [0.15, 0.2) is 170 Å². The van der Waals surface area contributed by atoms with Crippen molar-refractivity contribution >= 4 is 0 Å². The molecule has 0 spiro atoms. The summed E-state index contributed by atoms with van der Waals surface area (Å²) >= 11 is 0. The molecule has 12 aromatic carbocycles. The van der Waals surface area contributed by atoms with Gasteiger partial charge in [0, 0.05) is 70.8 Å². The predicted octanol–water partition coefficient (Wildman–Crippen LogP) is 38.3. The highest BCUT2D eigenvalue weighted by atomic mass is 19.3. The number of unbranched alkanes of at least 4 members (excludes halogenated alkanes) is 3. The number of ether oxygens (including phenoxy) is 4. The van der Waals surface area contributed by atoms with Gasteiger partial charge < -0.3 is 18.9 Å². The van der Waals surface area contributed by atoms with Gasteiger partial charge in [-0.1, -0.05) is 140 Å². The fourth-order valence-electron chi connectivity index (χ4n) is 20.1. The van der Waals surface area contributed by atoms with Crippen LogP contribution in [0.1, 0.15) is 263 Å². The summed E-state index contributed by atoms with van der Waals surface area (Å²) in [4.78, 5) is 0. The van der Waals surface area contributed by atoms with Crippen LogP contribution in [0.5, 0.6) is 23.0 Å². The molecule has 0 bridgehead atoms. The number of benzene rings is 12. The summed E-state index contributed by atoms with van der Waals surface area (Å²) in [5.74, 6) is -40.8. The molecule has 4 nitrogen and oxygen atoms in total. The van der Waals surface area contributed by atoms with Gasteiger partial charge in [0.05, 0.1) is 0 Å². The first-order valence-electron chi connectivity index (χ1n) is 49.0. The van der Waals surface area contributed by atoms with Gasteiger partial charge in [0.2, 0.25) is 0 Å². The number of alkyl halides is 8. The number of rotatable bonds is 30. The summed E-state index contributed by atoms with van der Waals surface area (Å²) in [7, 11) is 0. The van der Waals surface area contributed by atoms with Crippen molar-refractivity contribution in [1.82, 2.24) is 0 Å². The molecule has 0 saturated heterocycles. The van der Waals surface area contributed by atoms with Gasteiger partial charge in [-0.3, -0.25) is 0 Å². The highest BCUT2D eigenvalue weighted by molar-refractivity contribution is 5.69. The molecule has 16 rings (SSSR count). The van der Waals surface area contributed by atoms with Gasteiger partial charge in [0.1, 0.15) is 115 Å². The molecule has 0 radical (unpaired) electrons. The van der Waals surface area contributed by atoms with Crippen molar-refractivity contribution in [2.45, 2.75) is 243 Å². The molecule has 0 aromatic heterocycles. The molecular formula is C114H100F32O4. The Morgan fingerprint density at radius 3 is 0.580 bits per heavy atom. The fraction of sp³-hybridized carbons (Fsp3) is 0.368. The van der Waals surface area contributed by atoms with Crippen LogP contribution in [-0.4, -0.2) is 0 Å². The van der Waals surface area contributed by atoms with Crippen LogP contribution >= 0.6 is 0 Å². The van der Waals surface area contributed by atoms with E-state index in [2.05, 4.69) is 46.6 Å². The maximum atomic E-state index is 15.0. The Balaban J connectivity index is 0.000000167. The first-order valence-corrected chi connectivity index (χ1v) is 49.0. The van der Waals surface area contributed by atoms with Crippen LogP contribution in [0.25, 0.3) is 44.5 Å². The lowest BCUT2D eigenvalue weighted by Gasteiger charge is -2.29. The average molecular weight is 2140 g/mol. The Kier molecular flexibility index (Phi) is 37.7. The van der Waals surface area contributed by atoms with Crippen molar-refractivity contribution in [2.24, 2.45) is 23.7 Å². The van der Waals surface area contributed by atoms with Crippen molar-refractivity contribution in [3.63, 3.8) is 0 Å². The largest absolute Gasteiger partial charge is 0.432 e. The highest BCUT2D eigenvalue weighted by Crippen LogP contribution is 2.50.